The van der Waals surface area contributed by atoms with Crippen molar-refractivity contribution in [2.75, 3.05) is 19.6 Å². The van der Waals surface area contributed by atoms with Crippen molar-refractivity contribution in [2.24, 2.45) is 0 Å². The summed E-state index contributed by atoms with van der Waals surface area (Å²) < 4.78 is 1.22. The highest BCUT2D eigenvalue weighted by Gasteiger charge is 2.18. The van der Waals surface area contributed by atoms with Crippen LogP contribution < -0.4 is 5.32 Å². The molecule has 0 saturated carbocycles. The zero-order valence-corrected chi connectivity index (χ0v) is 12.8. The number of thiophene rings is 1. The summed E-state index contributed by atoms with van der Waals surface area (Å²) in [5.41, 5.74) is 0. The molecule has 0 bridgehead atoms. The number of hydrogen-bond donors (Lipinski definition) is 1. The monoisotopic (exact) mass is 316 g/mol. The lowest BCUT2D eigenvalue weighted by atomic mass is 10.0. The van der Waals surface area contributed by atoms with E-state index in [1.807, 2.05) is 11.3 Å². The lowest BCUT2D eigenvalue weighted by Gasteiger charge is -2.32. The number of likely N-dealkylation sites (tertiary alicyclic amines) is 1. The third-order valence-electron chi connectivity index (χ3n) is 3.27. The Balaban J connectivity index is 1.72. The Kier molecular flexibility index (Phi) is 5.48. The Morgan fingerprint density at radius 3 is 2.82 bits per heavy atom. The molecule has 1 aromatic rings. The van der Waals surface area contributed by atoms with Gasteiger partial charge in [-0.1, -0.05) is 6.92 Å². The van der Waals surface area contributed by atoms with Crippen LogP contribution in [0.3, 0.4) is 0 Å². The molecule has 1 aliphatic heterocycles. The van der Waals surface area contributed by atoms with Crippen LogP contribution in [0.15, 0.2) is 15.9 Å². The highest BCUT2D eigenvalue weighted by atomic mass is 79.9. The molecule has 0 atom stereocenters. The number of rotatable bonds is 5. The summed E-state index contributed by atoms with van der Waals surface area (Å²) in [5, 5.41) is 5.80. The van der Waals surface area contributed by atoms with Gasteiger partial charge < -0.3 is 5.32 Å². The van der Waals surface area contributed by atoms with Crippen molar-refractivity contribution in [2.45, 2.75) is 38.8 Å². The van der Waals surface area contributed by atoms with Crippen molar-refractivity contribution >= 4 is 27.3 Å². The molecule has 0 spiro atoms. The minimum absolute atomic E-state index is 0.751. The van der Waals surface area contributed by atoms with Crippen LogP contribution in [0.2, 0.25) is 0 Å². The van der Waals surface area contributed by atoms with Crippen molar-refractivity contribution in [3.63, 3.8) is 0 Å². The Labute approximate surface area is 117 Å². The van der Waals surface area contributed by atoms with E-state index < -0.39 is 0 Å². The molecule has 2 heterocycles. The average molecular weight is 317 g/mol. The quantitative estimate of drug-likeness (QED) is 0.894. The molecule has 0 unspecified atom stereocenters. The molecule has 17 heavy (non-hydrogen) atoms. The second kappa shape index (κ2) is 6.88. The molecule has 2 nitrogen and oxygen atoms in total. The first-order chi connectivity index (χ1) is 8.28. The Morgan fingerprint density at radius 2 is 2.24 bits per heavy atom. The van der Waals surface area contributed by atoms with E-state index in [-0.39, 0.29) is 0 Å². The summed E-state index contributed by atoms with van der Waals surface area (Å²) in [5.74, 6) is 0. The molecule has 1 aliphatic rings. The van der Waals surface area contributed by atoms with Crippen molar-refractivity contribution in [1.82, 2.24) is 10.2 Å². The number of nitrogens with one attached hydrogen (secondary N) is 1. The van der Waals surface area contributed by atoms with Crippen molar-refractivity contribution in [1.29, 1.82) is 0 Å². The highest BCUT2D eigenvalue weighted by molar-refractivity contribution is 9.10. The van der Waals surface area contributed by atoms with E-state index >= 15 is 0 Å². The Morgan fingerprint density at radius 1 is 1.47 bits per heavy atom. The molecule has 1 saturated heterocycles. The van der Waals surface area contributed by atoms with Gasteiger partial charge in [-0.25, -0.2) is 0 Å². The van der Waals surface area contributed by atoms with Crippen LogP contribution in [0, 0.1) is 0 Å². The molecule has 0 amide bonds. The normalized spacial score (nSPS) is 18.7. The van der Waals surface area contributed by atoms with E-state index in [2.05, 4.69) is 44.5 Å². The summed E-state index contributed by atoms with van der Waals surface area (Å²) in [6.07, 6.45) is 3.84. The van der Waals surface area contributed by atoms with Crippen LogP contribution in [0.25, 0.3) is 0 Å². The fraction of sp³-hybridized carbons (Fsp3) is 0.692. The molecule has 1 fully saturated rings. The zero-order chi connectivity index (χ0) is 12.1. The molecular weight excluding hydrogens is 296 g/mol. The molecule has 0 aliphatic carbocycles. The third-order valence-corrected chi connectivity index (χ3v) is 4.95. The SMILES string of the molecule is CCCNC1CCN(Cc2cc(Br)cs2)CC1. The summed E-state index contributed by atoms with van der Waals surface area (Å²) in [6.45, 7) is 6.99. The lowest BCUT2D eigenvalue weighted by molar-refractivity contribution is 0.192. The molecule has 0 aromatic carbocycles. The smallest absolute Gasteiger partial charge is 0.0328 e. The fourth-order valence-corrected chi connectivity index (χ4v) is 3.79. The van der Waals surface area contributed by atoms with Crippen molar-refractivity contribution < 1.29 is 0 Å². The predicted octanol–water partition coefficient (Wildman–Crippen LogP) is 3.47. The van der Waals surface area contributed by atoms with E-state index in [1.165, 1.54) is 48.2 Å². The molecule has 96 valence electrons. The lowest BCUT2D eigenvalue weighted by Crippen LogP contribution is -2.42. The van der Waals surface area contributed by atoms with E-state index in [0.29, 0.717) is 0 Å². The molecule has 4 heteroatoms. The van der Waals surface area contributed by atoms with Gasteiger partial charge in [0.2, 0.25) is 0 Å². The fourth-order valence-electron chi connectivity index (χ4n) is 2.30. The zero-order valence-electron chi connectivity index (χ0n) is 10.4. The van der Waals surface area contributed by atoms with Crippen LogP contribution in [-0.4, -0.2) is 30.6 Å². The first kappa shape index (κ1) is 13.5. The highest BCUT2D eigenvalue weighted by Crippen LogP contribution is 2.22. The van der Waals surface area contributed by atoms with E-state index in [9.17, 15) is 0 Å². The second-order valence-electron chi connectivity index (χ2n) is 4.74. The second-order valence-corrected chi connectivity index (χ2v) is 6.65. The molecule has 2 rings (SSSR count). The maximum atomic E-state index is 3.63. The standard InChI is InChI=1S/C13H21BrN2S/c1-2-5-15-12-3-6-16(7-4-12)9-13-8-11(14)10-17-13/h8,10,12,15H,2-7,9H2,1H3. The van der Waals surface area contributed by atoms with Gasteiger partial charge in [0.15, 0.2) is 0 Å². The van der Waals surface area contributed by atoms with Crippen LogP contribution in [0.4, 0.5) is 0 Å². The summed E-state index contributed by atoms with van der Waals surface area (Å²) in [7, 11) is 0. The molecular formula is C13H21BrN2S. The van der Waals surface area contributed by atoms with Gasteiger partial charge in [0.1, 0.15) is 0 Å². The van der Waals surface area contributed by atoms with Gasteiger partial charge in [-0.05, 0) is 60.9 Å². The minimum Gasteiger partial charge on any atom is -0.314 e. The number of piperidine rings is 1. The summed E-state index contributed by atoms with van der Waals surface area (Å²) >= 11 is 5.37. The Bertz CT molecular complexity index is 332. The maximum Gasteiger partial charge on any atom is 0.0328 e. The minimum atomic E-state index is 0.751. The topological polar surface area (TPSA) is 15.3 Å². The largest absolute Gasteiger partial charge is 0.314 e. The van der Waals surface area contributed by atoms with Gasteiger partial charge in [0, 0.05) is 27.3 Å². The number of hydrogen-bond acceptors (Lipinski definition) is 3. The van der Waals surface area contributed by atoms with Gasteiger partial charge in [0.25, 0.3) is 0 Å². The van der Waals surface area contributed by atoms with Gasteiger partial charge in [-0.3, -0.25) is 4.90 Å². The van der Waals surface area contributed by atoms with E-state index in [0.717, 1.165) is 12.6 Å². The summed E-state index contributed by atoms with van der Waals surface area (Å²) in [4.78, 5) is 4.04. The third kappa shape index (κ3) is 4.36. The van der Waals surface area contributed by atoms with Crippen LogP contribution >= 0.6 is 27.3 Å². The number of halogens is 1. The first-order valence-electron chi connectivity index (χ1n) is 6.46. The van der Waals surface area contributed by atoms with Gasteiger partial charge in [0.05, 0.1) is 0 Å². The first-order valence-corrected chi connectivity index (χ1v) is 8.14. The van der Waals surface area contributed by atoms with Crippen molar-refractivity contribution in [3.05, 3.63) is 20.8 Å². The number of nitrogens with zero attached hydrogens (tertiary/aromatic N) is 1. The van der Waals surface area contributed by atoms with Crippen LogP contribution in [0.5, 0.6) is 0 Å². The van der Waals surface area contributed by atoms with E-state index in [4.69, 9.17) is 0 Å². The van der Waals surface area contributed by atoms with E-state index in [1.54, 1.807) is 0 Å². The van der Waals surface area contributed by atoms with Crippen LogP contribution in [0.1, 0.15) is 31.1 Å². The Hall–Kier alpha value is 0.1000. The molecule has 1 aromatic heterocycles. The summed E-state index contributed by atoms with van der Waals surface area (Å²) in [6, 6.07) is 2.99. The molecule has 0 radical (unpaired) electrons. The maximum absolute atomic E-state index is 3.63. The van der Waals surface area contributed by atoms with Gasteiger partial charge >= 0.3 is 0 Å². The average Bonchev–Trinajstić information content (AvgIpc) is 2.74. The van der Waals surface area contributed by atoms with Gasteiger partial charge in [-0.2, -0.15) is 0 Å². The van der Waals surface area contributed by atoms with Crippen molar-refractivity contribution in [3.8, 4) is 0 Å². The predicted molar refractivity (Wildman–Crippen MR) is 78.6 cm³/mol. The van der Waals surface area contributed by atoms with Gasteiger partial charge in [-0.15, -0.1) is 11.3 Å². The van der Waals surface area contributed by atoms with Crippen LogP contribution in [-0.2, 0) is 6.54 Å². The molecule has 1 N–H and O–H groups in total.